The minimum absolute atomic E-state index is 0.135. The Hall–Kier alpha value is -4.93. The van der Waals surface area contributed by atoms with Crippen molar-refractivity contribution in [1.82, 2.24) is 25.8 Å². The third-order valence-corrected chi connectivity index (χ3v) is 8.29. The molecule has 11 heteroatoms. The summed E-state index contributed by atoms with van der Waals surface area (Å²) in [5, 5.41) is 10.2. The summed E-state index contributed by atoms with van der Waals surface area (Å²) in [4.78, 5) is 68.9. The molecule has 0 bridgehead atoms. The second-order valence-corrected chi connectivity index (χ2v) is 13.3. The van der Waals surface area contributed by atoms with Crippen LogP contribution in [0, 0.1) is 0 Å². The normalized spacial score (nSPS) is 13.0. The number of rotatable bonds is 15. The quantitative estimate of drug-likeness (QED) is 0.207. The van der Waals surface area contributed by atoms with Crippen molar-refractivity contribution in [2.75, 3.05) is 27.7 Å². The lowest BCUT2D eigenvalue weighted by molar-refractivity contribution is -0.143. The van der Waals surface area contributed by atoms with Crippen molar-refractivity contribution >= 4 is 40.5 Å². The molecule has 0 radical (unpaired) electrons. The number of hydrogen-bond acceptors (Lipinski definition) is 6. The van der Waals surface area contributed by atoms with Crippen LogP contribution in [0.2, 0.25) is 0 Å². The number of nitrogens with zero attached hydrogens (tertiary/aromatic N) is 2. The first kappa shape index (κ1) is 38.5. The molecule has 0 saturated carbocycles. The highest BCUT2D eigenvalue weighted by Gasteiger charge is 2.37. The van der Waals surface area contributed by atoms with Gasteiger partial charge >= 0.3 is 6.09 Å². The van der Waals surface area contributed by atoms with E-state index in [1.54, 1.807) is 27.8 Å². The van der Waals surface area contributed by atoms with Crippen molar-refractivity contribution < 1.29 is 28.7 Å². The summed E-state index contributed by atoms with van der Waals surface area (Å²) in [7, 11) is 4.58. The number of hydrogen-bond donors (Lipinski definition) is 3. The summed E-state index contributed by atoms with van der Waals surface area (Å²) >= 11 is 0. The highest BCUT2D eigenvalue weighted by molar-refractivity contribution is 5.94. The average Bonchev–Trinajstić information content (AvgIpc) is 3.07. The van der Waals surface area contributed by atoms with E-state index in [1.165, 1.54) is 30.8 Å². The smallest absolute Gasteiger partial charge is 0.410 e. The zero-order valence-electron chi connectivity index (χ0n) is 29.7. The highest BCUT2D eigenvalue weighted by Crippen LogP contribution is 2.23. The molecule has 0 aliphatic heterocycles. The number of nitrogens with one attached hydrogen (secondary N) is 3. The van der Waals surface area contributed by atoms with E-state index >= 15 is 0 Å². The molecule has 0 aromatic heterocycles. The number of fused-ring (bicyclic) bond motifs is 1. The third kappa shape index (κ3) is 11.6. The summed E-state index contributed by atoms with van der Waals surface area (Å²) in [6.45, 7) is 7.18. The lowest BCUT2D eigenvalue weighted by Crippen LogP contribution is -2.58. The molecule has 3 N–H and O–H groups in total. The number of unbranched alkanes of at least 4 members (excludes halogenated alkanes) is 1. The Morgan fingerprint density at radius 1 is 0.776 bits per heavy atom. The number of likely N-dealkylation sites (N-methyl/N-ethyl adjacent to an activating group) is 3. The van der Waals surface area contributed by atoms with Gasteiger partial charge in [-0.2, -0.15) is 0 Å². The topological polar surface area (TPSA) is 137 Å². The predicted octanol–water partition coefficient (Wildman–Crippen LogP) is 4.22. The van der Waals surface area contributed by atoms with Gasteiger partial charge in [0.2, 0.25) is 23.6 Å². The number of carbonyl (C=O) groups is 5. The van der Waals surface area contributed by atoms with Gasteiger partial charge in [0.15, 0.2) is 0 Å². The van der Waals surface area contributed by atoms with E-state index in [1.807, 2.05) is 72.8 Å². The molecule has 0 saturated heterocycles. The number of benzene rings is 3. The number of ether oxygens (including phenoxy) is 1. The van der Waals surface area contributed by atoms with E-state index in [2.05, 4.69) is 16.0 Å². The minimum Gasteiger partial charge on any atom is -0.444 e. The van der Waals surface area contributed by atoms with E-state index in [4.69, 9.17) is 4.74 Å². The van der Waals surface area contributed by atoms with E-state index in [0.717, 1.165) is 21.9 Å². The number of amides is 5. The third-order valence-electron chi connectivity index (χ3n) is 8.29. The highest BCUT2D eigenvalue weighted by atomic mass is 16.6. The first-order valence-electron chi connectivity index (χ1n) is 16.7. The monoisotopic (exact) mass is 673 g/mol. The molecule has 3 rings (SSSR count). The van der Waals surface area contributed by atoms with Gasteiger partial charge in [-0.05, 0) is 61.9 Å². The van der Waals surface area contributed by atoms with E-state index < -0.39 is 41.6 Å². The van der Waals surface area contributed by atoms with E-state index in [-0.39, 0.29) is 24.7 Å². The van der Waals surface area contributed by atoms with Gasteiger partial charge in [0.25, 0.3) is 0 Å². The van der Waals surface area contributed by atoms with Gasteiger partial charge in [-0.1, -0.05) is 72.8 Å². The Bertz CT molecular complexity index is 1580. The summed E-state index contributed by atoms with van der Waals surface area (Å²) in [5.74, 6) is -1.45. The Kier molecular flexibility index (Phi) is 14.2. The van der Waals surface area contributed by atoms with Crippen LogP contribution in [-0.4, -0.2) is 90.9 Å². The lowest BCUT2D eigenvalue weighted by Gasteiger charge is -2.35. The summed E-state index contributed by atoms with van der Waals surface area (Å²) in [5.41, 5.74) is 0.889. The van der Waals surface area contributed by atoms with Crippen molar-refractivity contribution in [3.8, 4) is 0 Å². The van der Waals surface area contributed by atoms with Gasteiger partial charge in [0.05, 0.1) is 0 Å². The molecule has 0 unspecified atom stereocenters. The van der Waals surface area contributed by atoms with Gasteiger partial charge in [0.1, 0.15) is 23.7 Å². The summed E-state index contributed by atoms with van der Waals surface area (Å²) in [6, 6.07) is 20.1. The minimum atomic E-state index is -1.01. The fourth-order valence-electron chi connectivity index (χ4n) is 5.61. The maximum Gasteiger partial charge on any atom is 0.410 e. The van der Waals surface area contributed by atoms with Gasteiger partial charge in [-0.3, -0.25) is 24.1 Å². The zero-order valence-corrected chi connectivity index (χ0v) is 29.7. The van der Waals surface area contributed by atoms with Gasteiger partial charge in [-0.15, -0.1) is 0 Å². The molecular weight excluding hydrogens is 622 g/mol. The van der Waals surface area contributed by atoms with Crippen LogP contribution in [0.4, 0.5) is 4.79 Å². The van der Waals surface area contributed by atoms with Crippen molar-refractivity contribution in [2.45, 2.75) is 83.5 Å². The fraction of sp³-hybridized carbons (Fsp3) is 0.447. The van der Waals surface area contributed by atoms with Gasteiger partial charge < -0.3 is 25.6 Å². The Labute approximate surface area is 289 Å². The standard InChI is InChI=1S/C38H51N5O6/c1-26(44)40-23-14-13-22-31(34(45)39-5)41-35(46)32(24-27-16-9-8-10-17-27)42(6)36(47)33(43(7)37(48)49-38(2,3)4)25-29-20-15-19-28-18-11-12-21-30(28)29/h8-12,15-21,31-33H,13-14,22-25H2,1-7H3,(H,39,45)(H,40,44)(H,41,46)/t31-,32+,33+/m0/s1. The Balaban J connectivity index is 1.96. The largest absolute Gasteiger partial charge is 0.444 e. The summed E-state index contributed by atoms with van der Waals surface area (Å²) < 4.78 is 5.67. The molecule has 5 amide bonds. The zero-order chi connectivity index (χ0) is 36.1. The Morgan fingerprint density at radius 2 is 1.43 bits per heavy atom. The lowest BCUT2D eigenvalue weighted by atomic mass is 9.96. The van der Waals surface area contributed by atoms with Crippen molar-refractivity contribution in [3.63, 3.8) is 0 Å². The van der Waals surface area contributed by atoms with Crippen LogP contribution < -0.4 is 16.0 Å². The first-order chi connectivity index (χ1) is 23.2. The molecule has 0 fully saturated rings. The molecule has 3 aromatic rings. The maximum atomic E-state index is 14.6. The van der Waals surface area contributed by atoms with E-state index in [9.17, 15) is 24.0 Å². The van der Waals surface area contributed by atoms with Crippen LogP contribution in [0.1, 0.15) is 58.1 Å². The van der Waals surface area contributed by atoms with Gasteiger partial charge in [0, 0.05) is 47.5 Å². The van der Waals surface area contributed by atoms with Crippen LogP contribution in [0.5, 0.6) is 0 Å². The van der Waals surface area contributed by atoms with Crippen LogP contribution in [0.3, 0.4) is 0 Å². The molecule has 49 heavy (non-hydrogen) atoms. The van der Waals surface area contributed by atoms with Gasteiger partial charge in [-0.25, -0.2) is 4.79 Å². The number of carbonyl (C=O) groups excluding carboxylic acids is 5. The molecular formula is C38H51N5O6. The van der Waals surface area contributed by atoms with Crippen LogP contribution in [0.15, 0.2) is 72.8 Å². The predicted molar refractivity (Wildman–Crippen MR) is 191 cm³/mol. The summed E-state index contributed by atoms with van der Waals surface area (Å²) in [6.07, 6.45) is 1.23. The average molecular weight is 674 g/mol. The van der Waals surface area contributed by atoms with Crippen LogP contribution in [-0.2, 0) is 36.8 Å². The van der Waals surface area contributed by atoms with Crippen molar-refractivity contribution in [2.24, 2.45) is 0 Å². The molecule has 0 heterocycles. The fourth-order valence-corrected chi connectivity index (χ4v) is 5.61. The van der Waals surface area contributed by atoms with Crippen LogP contribution in [0.25, 0.3) is 10.8 Å². The molecule has 3 aromatic carbocycles. The molecule has 0 aliphatic carbocycles. The van der Waals surface area contributed by atoms with Crippen molar-refractivity contribution in [1.29, 1.82) is 0 Å². The van der Waals surface area contributed by atoms with Crippen molar-refractivity contribution in [3.05, 3.63) is 83.9 Å². The SMILES string of the molecule is CNC(=O)[C@H](CCCCNC(C)=O)NC(=O)[C@@H](Cc1ccccc1)N(C)C(=O)[C@@H](Cc1cccc2ccccc12)N(C)C(=O)OC(C)(C)C. The Morgan fingerprint density at radius 3 is 2.08 bits per heavy atom. The van der Waals surface area contributed by atoms with E-state index in [0.29, 0.717) is 25.8 Å². The maximum absolute atomic E-state index is 14.6. The molecule has 264 valence electrons. The van der Waals surface area contributed by atoms with Crippen LogP contribution >= 0.6 is 0 Å². The second-order valence-electron chi connectivity index (χ2n) is 13.3. The molecule has 11 nitrogen and oxygen atoms in total. The second kappa shape index (κ2) is 18.0. The molecule has 0 aliphatic rings. The molecule has 3 atom stereocenters. The molecule has 0 spiro atoms. The first-order valence-corrected chi connectivity index (χ1v) is 16.7.